The number of carbonyl (C=O) groups is 2. The van der Waals surface area contributed by atoms with Crippen LogP contribution < -0.4 is 11.5 Å². The van der Waals surface area contributed by atoms with Gasteiger partial charge in [-0.15, -0.1) is 6.58 Å². The van der Waals surface area contributed by atoms with Crippen molar-refractivity contribution in [3.05, 3.63) is 12.7 Å². The first-order chi connectivity index (χ1) is 4.15. The number of amides is 2. The van der Waals surface area contributed by atoms with Gasteiger partial charge in [0.15, 0.2) is 0 Å². The van der Waals surface area contributed by atoms with Gasteiger partial charge < -0.3 is 16.3 Å². The molecule has 0 atom stereocenters. The number of nitrogens with two attached hydrogens (primary N) is 2. The SMILES string of the molecule is C=CC.C=O.NC(N)=O. The van der Waals surface area contributed by atoms with E-state index in [0.717, 1.165) is 0 Å². The van der Waals surface area contributed by atoms with Gasteiger partial charge in [-0.1, -0.05) is 6.08 Å². The predicted octanol–water partition coefficient (Wildman–Crippen LogP) is 0.0312. The summed E-state index contributed by atoms with van der Waals surface area (Å²) in [6, 6.07) is -0.833. The Morgan fingerprint density at radius 1 is 1.44 bits per heavy atom. The van der Waals surface area contributed by atoms with Crippen molar-refractivity contribution in [2.45, 2.75) is 6.92 Å². The third kappa shape index (κ3) is 84.0. The van der Waals surface area contributed by atoms with Crippen LogP contribution in [0.25, 0.3) is 0 Å². The molecular formula is C5H12N2O2. The van der Waals surface area contributed by atoms with Crippen molar-refractivity contribution in [1.29, 1.82) is 0 Å². The Kier molecular flexibility index (Phi) is 52.2. The standard InChI is InChI=1S/C3H6.CH4N2O.CH2O/c1-3-2;2-1(3)4;1-2/h3H,1H2,2H3;(H4,2,3,4);1H2. The highest BCUT2D eigenvalue weighted by molar-refractivity contribution is 5.69. The molecule has 0 heterocycles. The first-order valence-electron chi connectivity index (χ1n) is 2.06. The van der Waals surface area contributed by atoms with E-state index >= 15 is 0 Å². The van der Waals surface area contributed by atoms with Gasteiger partial charge in [-0.05, 0) is 6.92 Å². The molecule has 0 saturated carbocycles. The van der Waals surface area contributed by atoms with E-state index < -0.39 is 6.03 Å². The average molecular weight is 132 g/mol. The zero-order chi connectivity index (χ0) is 8.28. The highest BCUT2D eigenvalue weighted by Gasteiger charge is 1.60. The second kappa shape index (κ2) is 30.0. The van der Waals surface area contributed by atoms with Crippen molar-refractivity contribution < 1.29 is 9.59 Å². The monoisotopic (exact) mass is 132 g/mol. The minimum Gasteiger partial charge on any atom is -0.352 e. The molecule has 0 aliphatic heterocycles. The molecule has 0 saturated heterocycles. The van der Waals surface area contributed by atoms with Gasteiger partial charge in [0, 0.05) is 0 Å². The van der Waals surface area contributed by atoms with Crippen LogP contribution in [0.15, 0.2) is 12.7 Å². The summed E-state index contributed by atoms with van der Waals surface area (Å²) in [5, 5.41) is 0. The molecule has 9 heavy (non-hydrogen) atoms. The highest BCUT2D eigenvalue weighted by atomic mass is 16.2. The van der Waals surface area contributed by atoms with E-state index in [1.807, 2.05) is 13.7 Å². The number of allylic oxidation sites excluding steroid dienone is 1. The lowest BCUT2D eigenvalue weighted by Crippen LogP contribution is -2.18. The Labute approximate surface area is 54.5 Å². The topological polar surface area (TPSA) is 86.2 Å². The van der Waals surface area contributed by atoms with E-state index in [9.17, 15) is 0 Å². The average Bonchev–Trinajstić information content (AvgIpc) is 1.71. The summed E-state index contributed by atoms with van der Waals surface area (Å²) < 4.78 is 0. The Morgan fingerprint density at radius 3 is 1.44 bits per heavy atom. The van der Waals surface area contributed by atoms with E-state index in [1.165, 1.54) is 0 Å². The number of hydrogen-bond acceptors (Lipinski definition) is 2. The van der Waals surface area contributed by atoms with E-state index in [2.05, 4.69) is 18.0 Å². The summed E-state index contributed by atoms with van der Waals surface area (Å²) in [4.78, 5) is 17.0. The fourth-order valence-corrected chi connectivity index (χ4v) is 0. The van der Waals surface area contributed by atoms with Crippen LogP contribution >= 0.6 is 0 Å². The molecule has 4 N–H and O–H groups in total. The fraction of sp³-hybridized carbons (Fsp3) is 0.200. The molecule has 0 unspecified atom stereocenters. The first-order valence-corrected chi connectivity index (χ1v) is 2.06. The number of hydrogen-bond donors (Lipinski definition) is 2. The summed E-state index contributed by atoms with van der Waals surface area (Å²) in [6.45, 7) is 7.25. The molecule has 0 rings (SSSR count). The highest BCUT2D eigenvalue weighted by Crippen LogP contribution is 1.38. The maximum Gasteiger partial charge on any atom is 0.309 e. The van der Waals surface area contributed by atoms with Gasteiger partial charge in [-0.25, -0.2) is 4.79 Å². The first kappa shape index (κ1) is 15.6. The molecular weight excluding hydrogens is 120 g/mol. The Balaban J connectivity index is -0.0000000646. The van der Waals surface area contributed by atoms with Gasteiger partial charge in [0.2, 0.25) is 0 Å². The molecule has 4 heteroatoms. The largest absolute Gasteiger partial charge is 0.352 e. The van der Waals surface area contributed by atoms with Gasteiger partial charge in [0.05, 0.1) is 0 Å². The number of carbonyl (C=O) groups excluding carboxylic acids is 2. The molecule has 0 aliphatic rings. The molecule has 0 aromatic carbocycles. The smallest absolute Gasteiger partial charge is 0.309 e. The van der Waals surface area contributed by atoms with Gasteiger partial charge in [-0.2, -0.15) is 0 Å². The van der Waals surface area contributed by atoms with Crippen LogP contribution in [0.5, 0.6) is 0 Å². The van der Waals surface area contributed by atoms with Crippen LogP contribution in [-0.2, 0) is 4.79 Å². The van der Waals surface area contributed by atoms with Crippen molar-refractivity contribution in [2.24, 2.45) is 11.5 Å². The van der Waals surface area contributed by atoms with E-state index in [4.69, 9.17) is 9.59 Å². The van der Waals surface area contributed by atoms with E-state index in [1.54, 1.807) is 6.08 Å². The second-order valence-corrected chi connectivity index (χ2v) is 0.811. The van der Waals surface area contributed by atoms with Crippen LogP contribution in [0.1, 0.15) is 6.92 Å². The fourth-order valence-electron chi connectivity index (χ4n) is 0. The molecule has 0 radical (unpaired) electrons. The Hall–Kier alpha value is -1.32. The lowest BCUT2D eigenvalue weighted by atomic mass is 10.8. The quantitative estimate of drug-likeness (QED) is 0.455. The van der Waals surface area contributed by atoms with Crippen molar-refractivity contribution in [1.82, 2.24) is 0 Å². The van der Waals surface area contributed by atoms with Gasteiger partial charge in [-0.3, -0.25) is 0 Å². The molecule has 0 bridgehead atoms. The third-order valence-electron chi connectivity index (χ3n) is 0. The van der Waals surface area contributed by atoms with Crippen LogP contribution in [0.3, 0.4) is 0 Å². The minimum absolute atomic E-state index is 0.833. The van der Waals surface area contributed by atoms with Gasteiger partial charge in [0.25, 0.3) is 0 Å². The number of urea groups is 1. The van der Waals surface area contributed by atoms with Crippen LogP contribution in [-0.4, -0.2) is 12.8 Å². The minimum atomic E-state index is -0.833. The lowest BCUT2D eigenvalue weighted by Gasteiger charge is -1.62. The van der Waals surface area contributed by atoms with Gasteiger partial charge in [0.1, 0.15) is 6.79 Å². The van der Waals surface area contributed by atoms with Crippen molar-refractivity contribution >= 4 is 12.8 Å². The summed E-state index contributed by atoms with van der Waals surface area (Å²) in [7, 11) is 0. The van der Waals surface area contributed by atoms with E-state index in [0.29, 0.717) is 0 Å². The Morgan fingerprint density at radius 2 is 1.44 bits per heavy atom. The van der Waals surface area contributed by atoms with Crippen LogP contribution in [0, 0.1) is 0 Å². The maximum absolute atomic E-state index is 9.00. The molecule has 0 aromatic heterocycles. The molecule has 0 aromatic rings. The van der Waals surface area contributed by atoms with Gasteiger partial charge >= 0.3 is 6.03 Å². The molecule has 2 amide bonds. The lowest BCUT2D eigenvalue weighted by molar-refractivity contribution is -0.0979. The van der Waals surface area contributed by atoms with Crippen LogP contribution in [0.2, 0.25) is 0 Å². The number of rotatable bonds is 0. The summed E-state index contributed by atoms with van der Waals surface area (Å²) in [5.41, 5.74) is 8.50. The maximum atomic E-state index is 9.00. The normalized spacial score (nSPS) is 4.56. The van der Waals surface area contributed by atoms with Crippen molar-refractivity contribution in [3.63, 3.8) is 0 Å². The van der Waals surface area contributed by atoms with Crippen LogP contribution in [0.4, 0.5) is 4.79 Å². The summed E-state index contributed by atoms with van der Waals surface area (Å²) in [5.74, 6) is 0. The second-order valence-electron chi connectivity index (χ2n) is 0.811. The summed E-state index contributed by atoms with van der Waals surface area (Å²) in [6.07, 6.45) is 1.75. The number of primary amides is 2. The zero-order valence-corrected chi connectivity index (χ0v) is 5.46. The van der Waals surface area contributed by atoms with Crippen molar-refractivity contribution in [3.8, 4) is 0 Å². The zero-order valence-electron chi connectivity index (χ0n) is 5.46. The van der Waals surface area contributed by atoms with E-state index in [-0.39, 0.29) is 0 Å². The molecule has 0 aliphatic carbocycles. The molecule has 0 spiro atoms. The molecule has 4 nitrogen and oxygen atoms in total. The third-order valence-corrected chi connectivity index (χ3v) is 0. The van der Waals surface area contributed by atoms with Crippen molar-refractivity contribution in [2.75, 3.05) is 0 Å². The molecule has 0 fully saturated rings. The molecule has 54 valence electrons. The summed E-state index contributed by atoms with van der Waals surface area (Å²) >= 11 is 0. The Bertz CT molecular complexity index is 69.4. The predicted molar refractivity (Wildman–Crippen MR) is 36.8 cm³/mol.